The number of phosphoric acid groups is 2. The maximum absolute atomic E-state index is 13.7. The number of carbonyl (C=O) groups excluding carboxylic acids is 3. The van der Waals surface area contributed by atoms with Crippen LogP contribution in [0.15, 0.2) is 42.4 Å². The molecule has 0 saturated carbocycles. The smallest absolute Gasteiger partial charge is 0.455 e. The topological polar surface area (TPSA) is 364 Å². The first-order valence-electron chi connectivity index (χ1n) is 17.7. The Kier molecular flexibility index (Phi) is 15.2. The van der Waals surface area contributed by atoms with E-state index in [1.807, 2.05) is 0 Å². The molecule has 9 N–H and O–H groups in total. The van der Waals surface area contributed by atoms with Crippen LogP contribution in [0.1, 0.15) is 52.0 Å². The number of aromatic nitrogens is 6. The number of hydrogen-bond donors (Lipinski definition) is 7. The molecule has 1 amide bonds. The highest BCUT2D eigenvalue weighted by atomic mass is 32.2. The molecule has 3 aromatic heterocycles. The van der Waals surface area contributed by atoms with Crippen LogP contribution in [0.3, 0.4) is 0 Å². The number of esters is 1. The lowest BCUT2D eigenvalue weighted by atomic mass is 10.1. The van der Waals surface area contributed by atoms with Crippen molar-refractivity contribution in [3.63, 3.8) is 0 Å². The molecule has 0 radical (unpaired) electrons. The normalized spacial score (nSPS) is 24.8. The number of aliphatic hydroxyl groups is 1. The van der Waals surface area contributed by atoms with E-state index in [-0.39, 0.29) is 47.3 Å². The maximum Gasteiger partial charge on any atom is 0.472 e. The molecular weight excluding hydrogens is 848 g/mol. The molecule has 59 heavy (non-hydrogen) atoms. The molecule has 0 aromatic carbocycles. The molecule has 324 valence electrons. The largest absolute Gasteiger partial charge is 0.472 e. The van der Waals surface area contributed by atoms with Gasteiger partial charge in [-0.1, -0.05) is 31.7 Å². The SMILES string of the molecule is C=CCCC(=O)N[C@@H](CC(=O)SC(C)C)C(=O)O[C@H]1[C@@H](O)[C@H](n2cnc3c(N)ncnc32)O[C@@H]1COP(=O)(O)O[C@H]1C[C@H](n2ccc(N)nc2=O)O[C@@H]1COP(=O)(O)O. The van der Waals surface area contributed by atoms with Crippen molar-refractivity contribution >= 4 is 67.2 Å². The van der Waals surface area contributed by atoms with E-state index < -0.39 is 107 Å². The van der Waals surface area contributed by atoms with E-state index in [1.165, 1.54) is 29.2 Å². The van der Waals surface area contributed by atoms with Crippen molar-refractivity contribution in [1.29, 1.82) is 0 Å². The molecule has 9 atom stereocenters. The molecule has 3 aromatic rings. The Balaban J connectivity index is 1.38. The molecule has 28 heteroatoms. The number of ether oxygens (including phenoxy) is 3. The van der Waals surface area contributed by atoms with Crippen LogP contribution in [0.5, 0.6) is 0 Å². The van der Waals surface area contributed by atoms with E-state index in [2.05, 4.69) is 36.4 Å². The van der Waals surface area contributed by atoms with Crippen LogP contribution in [0.4, 0.5) is 11.6 Å². The number of hydrogen-bond acceptors (Lipinski definition) is 20. The number of carbonyl (C=O) groups is 3. The highest BCUT2D eigenvalue weighted by Gasteiger charge is 2.50. The van der Waals surface area contributed by atoms with Gasteiger partial charge >= 0.3 is 27.3 Å². The van der Waals surface area contributed by atoms with Crippen LogP contribution in [0.25, 0.3) is 11.2 Å². The van der Waals surface area contributed by atoms with Crippen molar-refractivity contribution in [2.75, 3.05) is 24.7 Å². The first-order chi connectivity index (χ1) is 27.7. The Bertz CT molecular complexity index is 2170. The van der Waals surface area contributed by atoms with Crippen LogP contribution in [-0.4, -0.2) is 121 Å². The summed E-state index contributed by atoms with van der Waals surface area (Å²) in [6.07, 6.45) is -6.33. The van der Waals surface area contributed by atoms with Crippen LogP contribution in [-0.2, 0) is 51.3 Å². The van der Waals surface area contributed by atoms with Gasteiger partial charge in [0, 0.05) is 30.7 Å². The zero-order chi connectivity index (χ0) is 43.2. The molecule has 2 aliphatic heterocycles. The van der Waals surface area contributed by atoms with Crippen molar-refractivity contribution in [3.8, 4) is 0 Å². The molecular formula is C31H43N9O16P2S. The van der Waals surface area contributed by atoms with Gasteiger partial charge in [0.1, 0.15) is 54.3 Å². The van der Waals surface area contributed by atoms with E-state index in [0.717, 1.165) is 22.7 Å². The third-order valence-electron chi connectivity index (χ3n) is 8.58. The lowest BCUT2D eigenvalue weighted by molar-refractivity contribution is -0.160. The fourth-order valence-corrected chi connectivity index (χ4v) is 8.08. The molecule has 5 heterocycles. The summed E-state index contributed by atoms with van der Waals surface area (Å²) in [5.74, 6) is -1.89. The zero-order valence-corrected chi connectivity index (χ0v) is 34.0. The summed E-state index contributed by atoms with van der Waals surface area (Å²) >= 11 is 0.924. The molecule has 2 aliphatic rings. The second-order valence-electron chi connectivity index (χ2n) is 13.3. The minimum atomic E-state index is -5.24. The van der Waals surface area contributed by atoms with E-state index in [4.69, 9.17) is 34.7 Å². The first kappa shape index (κ1) is 45.9. The number of fused-ring (bicyclic) bond motifs is 1. The summed E-state index contributed by atoms with van der Waals surface area (Å²) in [6.45, 7) is 5.28. The van der Waals surface area contributed by atoms with Crippen molar-refractivity contribution in [1.82, 2.24) is 34.4 Å². The number of imidazole rings is 1. The van der Waals surface area contributed by atoms with Gasteiger partial charge in [-0.25, -0.2) is 33.7 Å². The number of rotatable bonds is 19. The van der Waals surface area contributed by atoms with Gasteiger partial charge in [-0.2, -0.15) is 4.98 Å². The second-order valence-corrected chi connectivity index (χ2v) is 17.6. The van der Waals surface area contributed by atoms with E-state index in [0.29, 0.717) is 0 Å². The second kappa shape index (κ2) is 19.5. The molecule has 2 fully saturated rings. The minimum Gasteiger partial charge on any atom is -0.455 e. The van der Waals surface area contributed by atoms with Crippen LogP contribution < -0.4 is 22.5 Å². The third-order valence-corrected chi connectivity index (χ3v) is 11.0. The van der Waals surface area contributed by atoms with E-state index in [9.17, 15) is 48.1 Å². The fraction of sp³-hybridized carbons (Fsp3) is 0.548. The Morgan fingerprint density at radius 3 is 2.51 bits per heavy atom. The Hall–Kier alpha value is -4.17. The summed E-state index contributed by atoms with van der Waals surface area (Å²) < 4.78 is 59.7. The number of nitrogens with two attached hydrogens (primary N) is 2. The molecule has 0 spiro atoms. The number of thioether (sulfide) groups is 1. The van der Waals surface area contributed by atoms with Gasteiger partial charge in [-0.3, -0.25) is 32.3 Å². The Morgan fingerprint density at radius 1 is 1.10 bits per heavy atom. The predicted octanol–water partition coefficient (Wildman–Crippen LogP) is -0.174. The number of phosphoric ester groups is 2. The molecule has 0 aliphatic carbocycles. The standard InChI is InChI=1S/C31H43N9O16P2S/c1-4-5-6-21(41)37-16(9-23(42)59-15(2)3)30(44)55-26-19(54-29(25(26)43)40-14-36-24-27(33)34-13-35-28(24)40)12-52-58(49,50)56-17-10-22(39-8-7-20(32)38-31(39)45)53-18(17)11-51-57(46,47)48/h4,7-8,13-19,22,25-26,29,43H,1,5-6,9-12H2,2-3H3,(H,37,41)(H,49,50)(H2,32,38,45)(H2,33,34,35)(H2,46,47,48)/t16-,17-,18+,19+,22+,25+,26+,29+/m0/s1. The van der Waals surface area contributed by atoms with Crippen molar-refractivity contribution < 1.29 is 71.1 Å². The summed E-state index contributed by atoms with van der Waals surface area (Å²) in [5.41, 5.74) is 10.8. The number of allylic oxidation sites excluding steroid dienone is 1. The van der Waals surface area contributed by atoms with Gasteiger partial charge in [-0.15, -0.1) is 6.58 Å². The highest BCUT2D eigenvalue weighted by Crippen LogP contribution is 2.50. The van der Waals surface area contributed by atoms with Crippen molar-refractivity contribution in [2.45, 2.75) is 93.8 Å². The van der Waals surface area contributed by atoms with Gasteiger partial charge < -0.3 is 50.8 Å². The van der Waals surface area contributed by atoms with Crippen LogP contribution >= 0.6 is 27.4 Å². The minimum absolute atomic E-state index is 0.0124. The monoisotopic (exact) mass is 891 g/mol. The van der Waals surface area contributed by atoms with E-state index >= 15 is 0 Å². The van der Waals surface area contributed by atoms with Gasteiger partial charge in [0.15, 0.2) is 28.9 Å². The summed E-state index contributed by atoms with van der Waals surface area (Å²) in [5, 5.41) is 13.5. The van der Waals surface area contributed by atoms with Crippen molar-refractivity contribution in [2.24, 2.45) is 0 Å². The van der Waals surface area contributed by atoms with Gasteiger partial charge in [0.25, 0.3) is 0 Å². The Morgan fingerprint density at radius 2 is 1.83 bits per heavy atom. The molecule has 0 bridgehead atoms. The number of nitrogen functional groups attached to an aromatic ring is 2. The lowest BCUT2D eigenvalue weighted by Crippen LogP contribution is -2.47. The van der Waals surface area contributed by atoms with E-state index in [1.54, 1.807) is 13.8 Å². The number of amides is 1. The summed E-state index contributed by atoms with van der Waals surface area (Å²) in [4.78, 5) is 96.9. The lowest BCUT2D eigenvalue weighted by Gasteiger charge is -2.25. The molecule has 1 unspecified atom stereocenters. The van der Waals surface area contributed by atoms with Crippen LogP contribution in [0.2, 0.25) is 0 Å². The number of aliphatic hydroxyl groups excluding tert-OH is 1. The average Bonchev–Trinajstić information content (AvgIpc) is 3.83. The summed E-state index contributed by atoms with van der Waals surface area (Å²) in [7, 11) is -10.3. The number of anilines is 2. The van der Waals surface area contributed by atoms with Crippen molar-refractivity contribution in [3.05, 3.63) is 48.1 Å². The Labute approximate surface area is 338 Å². The van der Waals surface area contributed by atoms with Gasteiger partial charge in [0.05, 0.1) is 19.5 Å². The predicted molar refractivity (Wildman–Crippen MR) is 203 cm³/mol. The number of nitrogens with zero attached hydrogens (tertiary/aromatic N) is 6. The fourth-order valence-electron chi connectivity index (χ4n) is 5.99. The quantitative estimate of drug-likeness (QED) is 0.0466. The third kappa shape index (κ3) is 12.2. The first-order valence-corrected chi connectivity index (χ1v) is 21.6. The average molecular weight is 892 g/mol. The molecule has 5 rings (SSSR count). The summed E-state index contributed by atoms with van der Waals surface area (Å²) in [6, 6.07) is -0.262. The maximum atomic E-state index is 13.7. The van der Waals surface area contributed by atoms with Gasteiger partial charge in [-0.05, 0) is 12.5 Å². The van der Waals surface area contributed by atoms with Gasteiger partial charge in [0.2, 0.25) is 5.91 Å². The highest BCUT2D eigenvalue weighted by molar-refractivity contribution is 8.14. The van der Waals surface area contributed by atoms with Crippen LogP contribution in [0, 0.1) is 0 Å². The molecule has 25 nitrogen and oxygen atoms in total. The molecule has 2 saturated heterocycles. The zero-order valence-electron chi connectivity index (χ0n) is 31.4. The number of nitrogens with one attached hydrogen (secondary N) is 1.